The van der Waals surface area contributed by atoms with E-state index in [1.54, 1.807) is 0 Å². The Bertz CT molecular complexity index is 615. The zero-order valence-electron chi connectivity index (χ0n) is 11.1. The van der Waals surface area contributed by atoms with Crippen LogP contribution in [0.1, 0.15) is 29.2 Å². The van der Waals surface area contributed by atoms with E-state index < -0.39 is 0 Å². The third-order valence-corrected chi connectivity index (χ3v) is 4.38. The predicted octanol–water partition coefficient (Wildman–Crippen LogP) is 3.33. The predicted molar refractivity (Wildman–Crippen MR) is 83.6 cm³/mol. The Morgan fingerprint density at radius 1 is 1.10 bits per heavy atom. The molecule has 1 unspecified atom stereocenters. The highest BCUT2D eigenvalue weighted by Crippen LogP contribution is 2.37. The minimum atomic E-state index is -0.0846. The number of nitrogens with two attached hydrogens (primary N) is 1. The highest BCUT2D eigenvalue weighted by atomic mass is 79.9. The lowest BCUT2D eigenvalue weighted by Crippen LogP contribution is -2.30. The van der Waals surface area contributed by atoms with Crippen LogP contribution in [0.15, 0.2) is 46.9 Å². The van der Waals surface area contributed by atoms with Crippen molar-refractivity contribution in [3.63, 3.8) is 0 Å². The summed E-state index contributed by atoms with van der Waals surface area (Å²) in [6.45, 7) is 0.775. The van der Waals surface area contributed by atoms with Gasteiger partial charge in [-0.25, -0.2) is 5.43 Å². The minimum Gasteiger partial charge on any atom is -0.493 e. The molecule has 1 heterocycles. The van der Waals surface area contributed by atoms with E-state index in [0.29, 0.717) is 0 Å². The Hall–Kier alpha value is -1.36. The van der Waals surface area contributed by atoms with Crippen LogP contribution in [0.25, 0.3) is 0 Å². The first-order chi connectivity index (χ1) is 9.81. The molecule has 0 saturated carbocycles. The number of ether oxygens (including phenoxy) is 1. The van der Waals surface area contributed by atoms with Gasteiger partial charge in [0.25, 0.3) is 0 Å². The molecule has 0 fully saturated rings. The number of nitrogens with one attached hydrogen (secondary N) is 1. The van der Waals surface area contributed by atoms with Crippen molar-refractivity contribution < 1.29 is 4.74 Å². The van der Waals surface area contributed by atoms with E-state index in [1.165, 1.54) is 5.56 Å². The molecular weight excluding hydrogens is 316 g/mol. The number of hydrogen-bond acceptors (Lipinski definition) is 3. The summed E-state index contributed by atoms with van der Waals surface area (Å²) >= 11 is 3.59. The third-order valence-electron chi connectivity index (χ3n) is 3.66. The number of benzene rings is 2. The molecule has 0 saturated heterocycles. The molecule has 0 radical (unpaired) electrons. The van der Waals surface area contributed by atoms with E-state index >= 15 is 0 Å². The smallest absolute Gasteiger partial charge is 0.127 e. The first-order valence-corrected chi connectivity index (χ1v) is 7.55. The van der Waals surface area contributed by atoms with Crippen LogP contribution in [-0.4, -0.2) is 6.61 Å². The van der Waals surface area contributed by atoms with Crippen molar-refractivity contribution in [3.8, 4) is 5.75 Å². The van der Waals surface area contributed by atoms with E-state index in [2.05, 4.69) is 45.6 Å². The van der Waals surface area contributed by atoms with E-state index in [0.717, 1.165) is 40.8 Å². The van der Waals surface area contributed by atoms with Crippen molar-refractivity contribution in [2.75, 3.05) is 6.61 Å². The fraction of sp³-hybridized carbons (Fsp3) is 0.250. The molecule has 3 N–H and O–H groups in total. The van der Waals surface area contributed by atoms with Gasteiger partial charge >= 0.3 is 0 Å². The molecule has 1 aliphatic heterocycles. The zero-order chi connectivity index (χ0) is 13.9. The highest BCUT2D eigenvalue weighted by Gasteiger charge is 2.22. The number of fused-ring (bicyclic) bond motifs is 1. The van der Waals surface area contributed by atoms with E-state index in [4.69, 9.17) is 10.6 Å². The van der Waals surface area contributed by atoms with Crippen LogP contribution >= 0.6 is 15.9 Å². The molecule has 3 nitrogen and oxygen atoms in total. The largest absolute Gasteiger partial charge is 0.493 e. The van der Waals surface area contributed by atoms with Gasteiger partial charge in [-0.15, -0.1) is 0 Å². The fourth-order valence-corrected chi connectivity index (χ4v) is 3.21. The molecule has 20 heavy (non-hydrogen) atoms. The average Bonchev–Trinajstić information content (AvgIpc) is 2.50. The van der Waals surface area contributed by atoms with E-state index in [1.807, 2.05) is 18.2 Å². The van der Waals surface area contributed by atoms with E-state index in [-0.39, 0.29) is 6.04 Å². The van der Waals surface area contributed by atoms with Gasteiger partial charge in [-0.05, 0) is 30.0 Å². The maximum atomic E-state index is 5.89. The van der Waals surface area contributed by atoms with Gasteiger partial charge in [0.1, 0.15) is 5.75 Å². The number of hydrazine groups is 1. The van der Waals surface area contributed by atoms with Gasteiger partial charge in [-0.3, -0.25) is 5.84 Å². The zero-order valence-corrected chi connectivity index (χ0v) is 12.7. The molecule has 1 atom stereocenters. The van der Waals surface area contributed by atoms with Crippen LogP contribution in [0.2, 0.25) is 0 Å². The number of rotatable bonds is 3. The molecule has 0 aliphatic carbocycles. The molecular formula is C16H17BrN2O. The number of para-hydroxylation sites is 1. The van der Waals surface area contributed by atoms with Gasteiger partial charge < -0.3 is 4.74 Å². The summed E-state index contributed by atoms with van der Waals surface area (Å²) in [5.74, 6) is 6.80. The van der Waals surface area contributed by atoms with Crippen LogP contribution < -0.4 is 16.0 Å². The maximum Gasteiger partial charge on any atom is 0.127 e. The second-order valence-electron chi connectivity index (χ2n) is 4.91. The lowest BCUT2D eigenvalue weighted by Gasteiger charge is -2.25. The van der Waals surface area contributed by atoms with Crippen LogP contribution in [0, 0.1) is 0 Å². The third kappa shape index (κ3) is 2.46. The summed E-state index contributed by atoms with van der Waals surface area (Å²) in [5.41, 5.74) is 6.38. The second kappa shape index (κ2) is 5.95. The highest BCUT2D eigenvalue weighted by molar-refractivity contribution is 9.10. The number of aryl methyl sites for hydroxylation is 1. The standard InChI is InChI=1S/C16H17BrN2O/c17-14-9-2-1-7-12(14)15(19-18)13-8-3-5-11-6-4-10-20-16(11)13/h1-3,5,7-9,15,19H,4,6,10,18H2. The Morgan fingerprint density at radius 3 is 2.70 bits per heavy atom. The Balaban J connectivity index is 2.09. The van der Waals surface area contributed by atoms with Crippen molar-refractivity contribution in [1.29, 1.82) is 0 Å². The van der Waals surface area contributed by atoms with Crippen molar-refractivity contribution in [1.82, 2.24) is 5.43 Å². The van der Waals surface area contributed by atoms with Gasteiger partial charge in [0.05, 0.1) is 12.6 Å². The second-order valence-corrected chi connectivity index (χ2v) is 5.76. The lowest BCUT2D eigenvalue weighted by atomic mass is 9.94. The quantitative estimate of drug-likeness (QED) is 0.669. The Morgan fingerprint density at radius 2 is 1.90 bits per heavy atom. The van der Waals surface area contributed by atoms with Crippen LogP contribution in [-0.2, 0) is 6.42 Å². The summed E-state index contributed by atoms with van der Waals surface area (Å²) in [6.07, 6.45) is 2.14. The maximum absolute atomic E-state index is 5.89. The Labute approximate surface area is 127 Å². The molecule has 104 valence electrons. The SMILES string of the molecule is NNC(c1ccccc1Br)c1cccc2c1OCCC2. The summed E-state index contributed by atoms with van der Waals surface area (Å²) in [7, 11) is 0. The molecule has 2 aromatic rings. The summed E-state index contributed by atoms with van der Waals surface area (Å²) < 4.78 is 6.93. The first kappa shape index (κ1) is 13.6. The monoisotopic (exact) mass is 332 g/mol. The van der Waals surface area contributed by atoms with Crippen LogP contribution in [0.5, 0.6) is 5.75 Å². The summed E-state index contributed by atoms with van der Waals surface area (Å²) in [4.78, 5) is 0. The molecule has 4 heteroatoms. The van der Waals surface area contributed by atoms with Gasteiger partial charge in [0.15, 0.2) is 0 Å². The van der Waals surface area contributed by atoms with Crippen molar-refractivity contribution in [2.45, 2.75) is 18.9 Å². The van der Waals surface area contributed by atoms with Gasteiger partial charge in [-0.2, -0.15) is 0 Å². The number of halogens is 1. The van der Waals surface area contributed by atoms with E-state index in [9.17, 15) is 0 Å². The number of hydrogen-bond donors (Lipinski definition) is 2. The van der Waals surface area contributed by atoms with Crippen molar-refractivity contribution >= 4 is 15.9 Å². The molecule has 0 spiro atoms. The van der Waals surface area contributed by atoms with Crippen molar-refractivity contribution in [3.05, 3.63) is 63.6 Å². The topological polar surface area (TPSA) is 47.3 Å². The van der Waals surface area contributed by atoms with Crippen molar-refractivity contribution in [2.24, 2.45) is 5.84 Å². The molecule has 0 amide bonds. The molecule has 0 bridgehead atoms. The van der Waals surface area contributed by atoms with Gasteiger partial charge in [-0.1, -0.05) is 52.3 Å². The van der Waals surface area contributed by atoms with Crippen LogP contribution in [0.4, 0.5) is 0 Å². The minimum absolute atomic E-state index is 0.0846. The fourth-order valence-electron chi connectivity index (χ4n) is 2.70. The van der Waals surface area contributed by atoms with Gasteiger partial charge in [0.2, 0.25) is 0 Å². The summed E-state index contributed by atoms with van der Waals surface area (Å²) in [6, 6.07) is 14.3. The molecule has 2 aromatic carbocycles. The van der Waals surface area contributed by atoms with Gasteiger partial charge in [0, 0.05) is 10.0 Å². The molecule has 3 rings (SSSR count). The lowest BCUT2D eigenvalue weighted by molar-refractivity contribution is 0.283. The average molecular weight is 333 g/mol. The molecule has 1 aliphatic rings. The molecule has 0 aromatic heterocycles. The normalized spacial score (nSPS) is 15.3. The first-order valence-electron chi connectivity index (χ1n) is 6.76. The summed E-state index contributed by atoms with van der Waals surface area (Å²) in [5, 5.41) is 0. The Kier molecular flexibility index (Phi) is 4.05. The van der Waals surface area contributed by atoms with Crippen LogP contribution in [0.3, 0.4) is 0 Å².